The maximum absolute atomic E-state index is 12.0. The Morgan fingerprint density at radius 3 is 3.09 bits per heavy atom. The number of terminal acetylenes is 1. The van der Waals surface area contributed by atoms with Crippen LogP contribution in [0.2, 0.25) is 0 Å². The highest BCUT2D eigenvalue weighted by molar-refractivity contribution is 5.16. The molecule has 0 radical (unpaired) electrons. The Labute approximate surface area is 130 Å². The minimum Gasteiger partial charge on any atom is -0.389 e. The van der Waals surface area contributed by atoms with Crippen molar-refractivity contribution in [2.75, 3.05) is 32.8 Å². The van der Waals surface area contributed by atoms with Crippen LogP contribution in [0.1, 0.15) is 18.0 Å². The zero-order valence-electron chi connectivity index (χ0n) is 12.6. The molecule has 1 aromatic rings. The van der Waals surface area contributed by atoms with Crippen molar-refractivity contribution >= 4 is 0 Å². The van der Waals surface area contributed by atoms with E-state index < -0.39 is 6.10 Å². The van der Waals surface area contributed by atoms with E-state index in [2.05, 4.69) is 16.9 Å². The Balaban J connectivity index is 1.64. The summed E-state index contributed by atoms with van der Waals surface area (Å²) in [5.41, 5.74) is 1.23. The third kappa shape index (κ3) is 3.25. The molecule has 2 bridgehead atoms. The van der Waals surface area contributed by atoms with E-state index in [4.69, 9.17) is 11.2 Å². The van der Waals surface area contributed by atoms with Crippen LogP contribution in [0.25, 0.3) is 0 Å². The predicted molar refractivity (Wildman–Crippen MR) is 83.6 cm³/mol. The van der Waals surface area contributed by atoms with Crippen molar-refractivity contribution < 1.29 is 9.84 Å². The largest absolute Gasteiger partial charge is 0.389 e. The lowest BCUT2D eigenvalue weighted by molar-refractivity contribution is 0.0112. The number of aliphatic hydroxyl groups is 1. The third-order valence-corrected chi connectivity index (χ3v) is 4.52. The normalized spacial score (nSPS) is 25.3. The average Bonchev–Trinajstić information content (AvgIpc) is 2.48. The molecule has 3 rings (SSSR count). The molecule has 0 saturated carbocycles. The fourth-order valence-corrected chi connectivity index (χ4v) is 3.75. The van der Waals surface area contributed by atoms with Gasteiger partial charge in [-0.3, -0.25) is 9.69 Å². The molecule has 1 aromatic heterocycles. The van der Waals surface area contributed by atoms with Gasteiger partial charge in [-0.25, -0.2) is 0 Å². The molecule has 118 valence electrons. The summed E-state index contributed by atoms with van der Waals surface area (Å²) in [4.78, 5) is 14.3. The first kappa shape index (κ1) is 15.3. The van der Waals surface area contributed by atoms with Gasteiger partial charge in [0.2, 0.25) is 0 Å². The van der Waals surface area contributed by atoms with Crippen LogP contribution in [0.15, 0.2) is 23.0 Å². The molecule has 5 nitrogen and oxygen atoms in total. The van der Waals surface area contributed by atoms with Gasteiger partial charge in [0.25, 0.3) is 5.56 Å². The summed E-state index contributed by atoms with van der Waals surface area (Å²) < 4.78 is 7.11. The number of aliphatic hydroxyl groups excluding tert-OH is 1. The first-order valence-electron chi connectivity index (χ1n) is 7.78. The molecule has 2 aliphatic rings. The lowest BCUT2D eigenvalue weighted by Gasteiger charge is -2.43. The van der Waals surface area contributed by atoms with Crippen LogP contribution in [0.5, 0.6) is 0 Å². The van der Waals surface area contributed by atoms with Crippen LogP contribution in [-0.4, -0.2) is 53.5 Å². The number of β-amino-alcohol motifs (C(OH)–C–C–N with tert-alkyl or cyclic N) is 1. The highest BCUT2D eigenvalue weighted by Crippen LogP contribution is 2.34. The number of rotatable bonds is 5. The maximum atomic E-state index is 12.0. The van der Waals surface area contributed by atoms with Crippen molar-refractivity contribution in [3.8, 4) is 12.3 Å². The number of fused-ring (bicyclic) bond motifs is 4. The molecular formula is C17H22N2O3. The first-order chi connectivity index (χ1) is 10.7. The number of aromatic nitrogens is 1. The van der Waals surface area contributed by atoms with Crippen molar-refractivity contribution in [1.82, 2.24) is 9.47 Å². The molecule has 1 N–H and O–H groups in total. The second-order valence-corrected chi connectivity index (χ2v) is 6.29. The highest BCUT2D eigenvalue weighted by atomic mass is 16.5. The number of nitrogens with zero attached hydrogens (tertiary/aromatic N) is 2. The van der Waals surface area contributed by atoms with Crippen molar-refractivity contribution in [3.05, 3.63) is 34.2 Å². The van der Waals surface area contributed by atoms with E-state index >= 15 is 0 Å². The van der Waals surface area contributed by atoms with Gasteiger partial charge < -0.3 is 14.4 Å². The molecule has 5 heteroatoms. The quantitative estimate of drug-likeness (QED) is 0.627. The molecule has 3 heterocycles. The van der Waals surface area contributed by atoms with Gasteiger partial charge in [-0.15, -0.1) is 6.42 Å². The standard InChI is InChI=1S/C17H22N2O3/c1-2-6-22-12-15(20)11-18-8-13-7-14(10-18)16-4-3-5-17(21)19(16)9-13/h1,3-5,13-15,20H,6-12H2/t13-,14-,15-/m1/s1. The molecule has 0 aliphatic carbocycles. The SMILES string of the molecule is C#CCOC[C@H](O)CN1C[C@H]2C[C@H](C1)c1cccc(=O)n1C2. The summed E-state index contributed by atoms with van der Waals surface area (Å²) in [7, 11) is 0. The molecule has 1 saturated heterocycles. The molecule has 0 aromatic carbocycles. The number of likely N-dealkylation sites (tertiary alicyclic amines) is 1. The number of piperidine rings is 1. The van der Waals surface area contributed by atoms with Crippen LogP contribution < -0.4 is 5.56 Å². The Bertz CT molecular complexity index is 619. The van der Waals surface area contributed by atoms with Crippen molar-refractivity contribution in [2.45, 2.75) is 25.0 Å². The van der Waals surface area contributed by atoms with Gasteiger partial charge in [-0.1, -0.05) is 12.0 Å². The van der Waals surface area contributed by atoms with Gasteiger partial charge in [-0.05, 0) is 18.4 Å². The summed E-state index contributed by atoms with van der Waals surface area (Å²) in [6.45, 7) is 3.68. The van der Waals surface area contributed by atoms with Gasteiger partial charge in [0.05, 0.1) is 12.7 Å². The minimum atomic E-state index is -0.523. The van der Waals surface area contributed by atoms with E-state index in [0.717, 1.165) is 31.7 Å². The van der Waals surface area contributed by atoms with Gasteiger partial charge in [0, 0.05) is 43.9 Å². The summed E-state index contributed by atoms with van der Waals surface area (Å²) in [5, 5.41) is 10.0. The average molecular weight is 302 g/mol. The molecule has 0 spiro atoms. The molecule has 0 unspecified atom stereocenters. The van der Waals surface area contributed by atoms with Crippen LogP contribution in [-0.2, 0) is 11.3 Å². The minimum absolute atomic E-state index is 0.100. The van der Waals surface area contributed by atoms with Crippen LogP contribution in [0.3, 0.4) is 0 Å². The monoisotopic (exact) mass is 302 g/mol. The van der Waals surface area contributed by atoms with Gasteiger partial charge in [0.1, 0.15) is 6.61 Å². The molecule has 1 fully saturated rings. The molecular weight excluding hydrogens is 280 g/mol. The zero-order chi connectivity index (χ0) is 15.5. The smallest absolute Gasteiger partial charge is 0.250 e. The van der Waals surface area contributed by atoms with Crippen LogP contribution in [0, 0.1) is 18.3 Å². The summed E-state index contributed by atoms with van der Waals surface area (Å²) >= 11 is 0. The first-order valence-corrected chi connectivity index (χ1v) is 7.78. The Morgan fingerprint density at radius 1 is 1.41 bits per heavy atom. The van der Waals surface area contributed by atoms with Crippen molar-refractivity contribution in [2.24, 2.45) is 5.92 Å². The zero-order valence-corrected chi connectivity index (χ0v) is 12.6. The fraction of sp³-hybridized carbons (Fsp3) is 0.588. The second-order valence-electron chi connectivity index (χ2n) is 6.29. The van der Waals surface area contributed by atoms with Crippen LogP contribution >= 0.6 is 0 Å². The lowest BCUT2D eigenvalue weighted by Crippen LogP contribution is -2.49. The third-order valence-electron chi connectivity index (χ3n) is 4.52. The summed E-state index contributed by atoms with van der Waals surface area (Å²) in [6, 6.07) is 5.53. The predicted octanol–water partition coefficient (Wildman–Crippen LogP) is 0.278. The van der Waals surface area contributed by atoms with E-state index in [9.17, 15) is 9.90 Å². The van der Waals surface area contributed by atoms with Gasteiger partial charge in [-0.2, -0.15) is 0 Å². The van der Waals surface area contributed by atoms with E-state index in [1.54, 1.807) is 6.07 Å². The fourth-order valence-electron chi connectivity index (χ4n) is 3.75. The van der Waals surface area contributed by atoms with Gasteiger partial charge in [0.15, 0.2) is 0 Å². The number of ether oxygens (including phenoxy) is 1. The van der Waals surface area contributed by atoms with E-state index in [1.165, 1.54) is 0 Å². The van der Waals surface area contributed by atoms with Crippen molar-refractivity contribution in [1.29, 1.82) is 0 Å². The summed E-state index contributed by atoms with van der Waals surface area (Å²) in [6.07, 6.45) is 5.73. The van der Waals surface area contributed by atoms with Gasteiger partial charge >= 0.3 is 0 Å². The maximum Gasteiger partial charge on any atom is 0.250 e. The Morgan fingerprint density at radius 2 is 2.27 bits per heavy atom. The number of hydrogen-bond acceptors (Lipinski definition) is 4. The second kappa shape index (κ2) is 6.66. The lowest BCUT2D eigenvalue weighted by atomic mass is 9.83. The molecule has 22 heavy (non-hydrogen) atoms. The highest BCUT2D eigenvalue weighted by Gasteiger charge is 2.34. The number of pyridine rings is 1. The topological polar surface area (TPSA) is 54.7 Å². The summed E-state index contributed by atoms with van der Waals surface area (Å²) in [5.74, 6) is 3.25. The van der Waals surface area contributed by atoms with E-state index in [-0.39, 0.29) is 18.8 Å². The molecule has 0 amide bonds. The molecule has 2 aliphatic heterocycles. The Hall–Kier alpha value is -1.61. The van der Waals surface area contributed by atoms with E-state index in [1.807, 2.05) is 10.6 Å². The Kier molecular flexibility index (Phi) is 4.63. The number of hydrogen-bond donors (Lipinski definition) is 1. The molecule has 3 atom stereocenters. The van der Waals surface area contributed by atoms with E-state index in [0.29, 0.717) is 18.4 Å². The van der Waals surface area contributed by atoms with Crippen molar-refractivity contribution in [3.63, 3.8) is 0 Å². The van der Waals surface area contributed by atoms with Crippen LogP contribution in [0.4, 0.5) is 0 Å².